The number of aromatic nitrogens is 1. The Bertz CT molecular complexity index is 553. The van der Waals surface area contributed by atoms with Crippen LogP contribution in [0.4, 0.5) is 0 Å². The maximum absolute atomic E-state index is 12.8. The molecule has 0 aromatic carbocycles. The Labute approximate surface area is 154 Å². The Kier molecular flexibility index (Phi) is 8.38. The number of ether oxygens (including phenoxy) is 1. The van der Waals surface area contributed by atoms with Crippen LogP contribution in [0.15, 0.2) is 5.38 Å². The molecule has 140 valence electrons. The van der Waals surface area contributed by atoms with E-state index in [-0.39, 0.29) is 5.91 Å². The van der Waals surface area contributed by atoms with E-state index < -0.39 is 5.97 Å². The lowest BCUT2D eigenvalue weighted by Crippen LogP contribution is -2.40. The molecule has 1 fully saturated rings. The van der Waals surface area contributed by atoms with Gasteiger partial charge < -0.3 is 9.64 Å². The number of esters is 1. The van der Waals surface area contributed by atoms with Gasteiger partial charge in [0.05, 0.1) is 13.7 Å². The van der Waals surface area contributed by atoms with Gasteiger partial charge in [-0.15, -0.1) is 11.3 Å². The third-order valence-electron chi connectivity index (χ3n) is 4.83. The van der Waals surface area contributed by atoms with Crippen molar-refractivity contribution in [3.63, 3.8) is 0 Å². The van der Waals surface area contributed by atoms with Gasteiger partial charge in [0.2, 0.25) is 5.91 Å². The third kappa shape index (κ3) is 6.10. The SMILES string of the molecule is CCCCCCC(=O)N(Cc1nc(C(=O)OC)cs1)C1CCCCC1. The standard InChI is InChI=1S/C19H30N2O3S/c1-3-4-5-9-12-18(22)21(15-10-7-6-8-11-15)13-17-20-16(14-25-17)19(23)24-2/h14-15H,3-13H2,1-2H3. The van der Waals surface area contributed by atoms with Crippen LogP contribution in [-0.4, -0.2) is 34.9 Å². The molecule has 0 N–H and O–H groups in total. The molecule has 1 saturated carbocycles. The number of rotatable bonds is 9. The number of thiazole rings is 1. The van der Waals surface area contributed by atoms with Crippen LogP contribution in [0.2, 0.25) is 0 Å². The lowest BCUT2D eigenvalue weighted by Gasteiger charge is -2.34. The summed E-state index contributed by atoms with van der Waals surface area (Å²) in [6, 6.07) is 0.318. The molecule has 0 unspecified atom stereocenters. The van der Waals surface area contributed by atoms with Crippen LogP contribution in [0.3, 0.4) is 0 Å². The molecule has 0 aliphatic heterocycles. The average molecular weight is 367 g/mol. The Morgan fingerprint density at radius 3 is 2.68 bits per heavy atom. The summed E-state index contributed by atoms with van der Waals surface area (Å²) in [5.74, 6) is -0.185. The maximum Gasteiger partial charge on any atom is 0.357 e. The normalized spacial score (nSPS) is 15.1. The number of amides is 1. The quantitative estimate of drug-likeness (QED) is 0.475. The van der Waals surface area contributed by atoms with Gasteiger partial charge in [-0.05, 0) is 19.3 Å². The van der Waals surface area contributed by atoms with Gasteiger partial charge >= 0.3 is 5.97 Å². The van der Waals surface area contributed by atoms with Gasteiger partial charge in [-0.2, -0.15) is 0 Å². The van der Waals surface area contributed by atoms with Crippen LogP contribution < -0.4 is 0 Å². The largest absolute Gasteiger partial charge is 0.464 e. The topological polar surface area (TPSA) is 59.5 Å². The Morgan fingerprint density at radius 2 is 2.00 bits per heavy atom. The number of unbranched alkanes of at least 4 members (excludes halogenated alkanes) is 3. The summed E-state index contributed by atoms with van der Waals surface area (Å²) in [4.78, 5) is 30.8. The third-order valence-corrected chi connectivity index (χ3v) is 5.67. The summed E-state index contributed by atoms with van der Waals surface area (Å²) >= 11 is 1.43. The van der Waals surface area contributed by atoms with Crippen molar-refractivity contribution < 1.29 is 14.3 Å². The van der Waals surface area contributed by atoms with E-state index in [1.54, 1.807) is 5.38 Å². The first-order chi connectivity index (χ1) is 12.2. The van der Waals surface area contributed by atoms with Crippen molar-refractivity contribution in [3.05, 3.63) is 16.1 Å². The monoisotopic (exact) mass is 366 g/mol. The summed E-state index contributed by atoms with van der Waals surface area (Å²) in [5, 5.41) is 2.53. The number of nitrogens with zero attached hydrogens (tertiary/aromatic N) is 2. The van der Waals surface area contributed by atoms with E-state index in [1.807, 2.05) is 4.90 Å². The number of methoxy groups -OCH3 is 1. The molecule has 0 bridgehead atoms. The van der Waals surface area contributed by atoms with Gasteiger partial charge in [0.1, 0.15) is 5.01 Å². The predicted molar refractivity (Wildman–Crippen MR) is 99.6 cm³/mol. The van der Waals surface area contributed by atoms with Crippen molar-refractivity contribution in [2.45, 2.75) is 83.7 Å². The second kappa shape index (κ2) is 10.5. The summed E-state index contributed by atoms with van der Waals surface area (Å²) in [6.45, 7) is 2.69. The fourth-order valence-corrected chi connectivity index (χ4v) is 4.15. The van der Waals surface area contributed by atoms with Crippen molar-refractivity contribution >= 4 is 23.2 Å². The molecule has 25 heavy (non-hydrogen) atoms. The molecule has 1 aliphatic rings. The molecule has 1 aromatic rings. The lowest BCUT2D eigenvalue weighted by molar-refractivity contribution is -0.135. The van der Waals surface area contributed by atoms with E-state index >= 15 is 0 Å². The van der Waals surface area contributed by atoms with Crippen LogP contribution in [0.1, 0.15) is 86.6 Å². The maximum atomic E-state index is 12.8. The van der Waals surface area contributed by atoms with Gasteiger partial charge in [-0.25, -0.2) is 9.78 Å². The first kappa shape index (κ1) is 19.9. The Hall–Kier alpha value is -1.43. The van der Waals surface area contributed by atoms with E-state index in [0.29, 0.717) is 24.7 Å². The molecule has 1 heterocycles. The minimum absolute atomic E-state index is 0.234. The second-order valence-electron chi connectivity index (χ2n) is 6.74. The summed E-state index contributed by atoms with van der Waals surface area (Å²) in [7, 11) is 1.36. The van der Waals surface area contributed by atoms with Crippen molar-refractivity contribution in [2.24, 2.45) is 0 Å². The minimum Gasteiger partial charge on any atom is -0.464 e. The molecule has 1 amide bonds. The number of hydrogen-bond acceptors (Lipinski definition) is 5. The smallest absolute Gasteiger partial charge is 0.357 e. The first-order valence-electron chi connectivity index (χ1n) is 9.48. The fraction of sp³-hybridized carbons (Fsp3) is 0.737. The van der Waals surface area contributed by atoms with Crippen LogP contribution in [0, 0.1) is 0 Å². The highest BCUT2D eigenvalue weighted by molar-refractivity contribution is 7.09. The zero-order chi connectivity index (χ0) is 18.1. The number of carbonyl (C=O) groups excluding carboxylic acids is 2. The van der Waals surface area contributed by atoms with E-state index in [9.17, 15) is 9.59 Å². The first-order valence-corrected chi connectivity index (χ1v) is 10.4. The molecule has 6 heteroatoms. The van der Waals surface area contributed by atoms with Crippen molar-refractivity contribution in [1.29, 1.82) is 0 Å². The molecule has 1 aromatic heterocycles. The Morgan fingerprint density at radius 1 is 1.24 bits per heavy atom. The summed E-state index contributed by atoms with van der Waals surface area (Å²) in [6.07, 6.45) is 10.9. The molecule has 1 aliphatic carbocycles. The molecule has 0 radical (unpaired) electrons. The molecular weight excluding hydrogens is 336 g/mol. The van der Waals surface area contributed by atoms with E-state index in [0.717, 1.165) is 30.7 Å². The molecule has 0 spiro atoms. The second-order valence-corrected chi connectivity index (χ2v) is 7.68. The van der Waals surface area contributed by atoms with Crippen molar-refractivity contribution in [3.8, 4) is 0 Å². The van der Waals surface area contributed by atoms with Crippen LogP contribution >= 0.6 is 11.3 Å². The lowest BCUT2D eigenvalue weighted by atomic mass is 9.94. The zero-order valence-electron chi connectivity index (χ0n) is 15.5. The number of hydrogen-bond donors (Lipinski definition) is 0. The summed E-state index contributed by atoms with van der Waals surface area (Å²) < 4.78 is 4.72. The minimum atomic E-state index is -0.419. The van der Waals surface area contributed by atoms with Crippen LogP contribution in [0.25, 0.3) is 0 Å². The van der Waals surface area contributed by atoms with Crippen LogP contribution in [-0.2, 0) is 16.1 Å². The van der Waals surface area contributed by atoms with Crippen molar-refractivity contribution in [1.82, 2.24) is 9.88 Å². The summed E-state index contributed by atoms with van der Waals surface area (Å²) in [5.41, 5.74) is 0.335. The van der Waals surface area contributed by atoms with Crippen LogP contribution in [0.5, 0.6) is 0 Å². The van der Waals surface area contributed by atoms with Gasteiger partial charge in [0, 0.05) is 17.8 Å². The highest BCUT2D eigenvalue weighted by Crippen LogP contribution is 2.26. The van der Waals surface area contributed by atoms with Gasteiger partial charge in [-0.1, -0.05) is 45.4 Å². The fourth-order valence-electron chi connectivity index (χ4n) is 3.39. The number of carbonyl (C=O) groups is 2. The molecule has 0 atom stereocenters. The molecule has 2 rings (SSSR count). The van der Waals surface area contributed by atoms with E-state index in [1.165, 1.54) is 50.6 Å². The molecular formula is C19H30N2O3S. The van der Waals surface area contributed by atoms with Gasteiger partial charge in [0.25, 0.3) is 0 Å². The van der Waals surface area contributed by atoms with E-state index in [2.05, 4.69) is 11.9 Å². The van der Waals surface area contributed by atoms with Gasteiger partial charge in [0.15, 0.2) is 5.69 Å². The highest BCUT2D eigenvalue weighted by Gasteiger charge is 2.26. The Balaban J connectivity index is 2.01. The molecule has 5 nitrogen and oxygen atoms in total. The van der Waals surface area contributed by atoms with Gasteiger partial charge in [-0.3, -0.25) is 4.79 Å². The van der Waals surface area contributed by atoms with Crippen molar-refractivity contribution in [2.75, 3.05) is 7.11 Å². The predicted octanol–water partition coefficient (Wildman–Crippen LogP) is 4.56. The zero-order valence-corrected chi connectivity index (χ0v) is 16.3. The molecule has 0 saturated heterocycles. The van der Waals surface area contributed by atoms with E-state index in [4.69, 9.17) is 4.74 Å². The average Bonchev–Trinajstić information content (AvgIpc) is 3.12. The highest BCUT2D eigenvalue weighted by atomic mass is 32.1.